The van der Waals surface area contributed by atoms with Crippen molar-refractivity contribution in [3.63, 3.8) is 0 Å². The number of para-hydroxylation sites is 1. The SMILES string of the molecule is CC(CO)NC(=O)C1=NN(c2ccccc2)C(C(N)=O)C1. The second kappa shape index (κ2) is 6.36. The van der Waals surface area contributed by atoms with E-state index < -0.39 is 17.9 Å². The van der Waals surface area contributed by atoms with E-state index in [2.05, 4.69) is 10.4 Å². The van der Waals surface area contributed by atoms with Crippen molar-refractivity contribution >= 4 is 23.2 Å². The number of nitrogens with one attached hydrogen (secondary N) is 1. The van der Waals surface area contributed by atoms with Gasteiger partial charge in [0.2, 0.25) is 5.91 Å². The second-order valence-corrected chi connectivity index (χ2v) is 4.91. The molecule has 2 amide bonds. The number of nitrogens with two attached hydrogens (primary N) is 1. The summed E-state index contributed by atoms with van der Waals surface area (Å²) in [5.41, 5.74) is 6.31. The van der Waals surface area contributed by atoms with Crippen molar-refractivity contribution < 1.29 is 14.7 Å². The van der Waals surface area contributed by atoms with E-state index in [1.807, 2.05) is 18.2 Å². The topological polar surface area (TPSA) is 108 Å². The summed E-state index contributed by atoms with van der Waals surface area (Å²) >= 11 is 0. The number of primary amides is 1. The van der Waals surface area contributed by atoms with E-state index in [1.165, 1.54) is 5.01 Å². The first-order valence-electron chi connectivity index (χ1n) is 6.65. The number of carbonyl (C=O) groups is 2. The van der Waals surface area contributed by atoms with Crippen LogP contribution < -0.4 is 16.1 Å². The van der Waals surface area contributed by atoms with E-state index in [-0.39, 0.29) is 24.8 Å². The Kier molecular flexibility index (Phi) is 4.54. The monoisotopic (exact) mass is 290 g/mol. The molecule has 1 aliphatic rings. The number of benzene rings is 1. The van der Waals surface area contributed by atoms with Crippen molar-refractivity contribution in [2.45, 2.75) is 25.4 Å². The lowest BCUT2D eigenvalue weighted by atomic mass is 10.1. The third-order valence-corrected chi connectivity index (χ3v) is 3.17. The zero-order valence-electron chi connectivity index (χ0n) is 11.7. The number of hydrazone groups is 1. The molecule has 2 atom stereocenters. The van der Waals surface area contributed by atoms with Crippen molar-refractivity contribution in [1.29, 1.82) is 0 Å². The van der Waals surface area contributed by atoms with Gasteiger partial charge in [-0.3, -0.25) is 14.6 Å². The number of aliphatic hydroxyl groups excluding tert-OH is 1. The lowest BCUT2D eigenvalue weighted by Gasteiger charge is -2.20. The predicted molar refractivity (Wildman–Crippen MR) is 78.6 cm³/mol. The maximum absolute atomic E-state index is 12.0. The summed E-state index contributed by atoms with van der Waals surface area (Å²) in [7, 11) is 0. The Morgan fingerprint density at radius 2 is 2.14 bits per heavy atom. The van der Waals surface area contributed by atoms with E-state index >= 15 is 0 Å². The van der Waals surface area contributed by atoms with Crippen molar-refractivity contribution in [2.24, 2.45) is 10.8 Å². The third-order valence-electron chi connectivity index (χ3n) is 3.17. The molecule has 0 aromatic heterocycles. The van der Waals surface area contributed by atoms with Gasteiger partial charge in [0.25, 0.3) is 5.91 Å². The molecule has 0 saturated carbocycles. The molecule has 0 fully saturated rings. The average Bonchev–Trinajstić information content (AvgIpc) is 2.93. The van der Waals surface area contributed by atoms with Crippen LogP contribution in [0.5, 0.6) is 0 Å². The fourth-order valence-electron chi connectivity index (χ4n) is 2.04. The van der Waals surface area contributed by atoms with E-state index in [0.717, 1.165) is 0 Å². The largest absolute Gasteiger partial charge is 0.394 e. The van der Waals surface area contributed by atoms with E-state index in [4.69, 9.17) is 10.8 Å². The van der Waals surface area contributed by atoms with Gasteiger partial charge in [0.15, 0.2) is 0 Å². The minimum atomic E-state index is -0.683. The molecule has 1 aromatic carbocycles. The molecule has 2 rings (SSSR count). The molecule has 0 bridgehead atoms. The van der Waals surface area contributed by atoms with Gasteiger partial charge in [0.05, 0.1) is 12.3 Å². The first-order chi connectivity index (χ1) is 10.0. The molecule has 1 aliphatic heterocycles. The van der Waals surface area contributed by atoms with Gasteiger partial charge in [-0.05, 0) is 19.1 Å². The van der Waals surface area contributed by atoms with Crippen LogP contribution in [0.2, 0.25) is 0 Å². The molecule has 7 nitrogen and oxygen atoms in total. The van der Waals surface area contributed by atoms with Gasteiger partial charge in [-0.15, -0.1) is 0 Å². The number of aliphatic hydroxyl groups is 1. The van der Waals surface area contributed by atoms with Gasteiger partial charge in [-0.1, -0.05) is 18.2 Å². The van der Waals surface area contributed by atoms with Crippen molar-refractivity contribution in [3.8, 4) is 0 Å². The highest BCUT2D eigenvalue weighted by molar-refractivity contribution is 6.40. The predicted octanol–water partition coefficient (Wildman–Crippen LogP) is -0.396. The summed E-state index contributed by atoms with van der Waals surface area (Å²) in [5.74, 6) is -0.943. The van der Waals surface area contributed by atoms with Gasteiger partial charge in [-0.25, -0.2) is 0 Å². The average molecular weight is 290 g/mol. The second-order valence-electron chi connectivity index (χ2n) is 4.91. The Balaban J connectivity index is 2.21. The van der Waals surface area contributed by atoms with Crippen LogP contribution in [0, 0.1) is 0 Å². The molecule has 112 valence electrons. The highest BCUT2D eigenvalue weighted by atomic mass is 16.3. The lowest BCUT2D eigenvalue weighted by molar-refractivity contribution is -0.119. The highest BCUT2D eigenvalue weighted by Gasteiger charge is 2.35. The molecule has 0 spiro atoms. The standard InChI is InChI=1S/C14H18N4O3/c1-9(8-19)16-14(21)11-7-12(13(15)20)18(17-11)10-5-3-2-4-6-10/h2-6,9,12,19H,7-8H2,1H3,(H2,15,20)(H,16,21). The van der Waals surface area contributed by atoms with Crippen LogP contribution in [-0.2, 0) is 9.59 Å². The minimum Gasteiger partial charge on any atom is -0.394 e. The molecule has 2 unspecified atom stereocenters. The number of amides is 2. The molecular weight excluding hydrogens is 272 g/mol. The van der Waals surface area contributed by atoms with Gasteiger partial charge in [-0.2, -0.15) is 5.10 Å². The smallest absolute Gasteiger partial charge is 0.267 e. The van der Waals surface area contributed by atoms with Crippen LogP contribution in [0.1, 0.15) is 13.3 Å². The number of hydrogen-bond acceptors (Lipinski definition) is 5. The van der Waals surface area contributed by atoms with Gasteiger partial charge in [0.1, 0.15) is 11.8 Å². The first kappa shape index (κ1) is 15.0. The molecule has 4 N–H and O–H groups in total. The summed E-state index contributed by atoms with van der Waals surface area (Å²) in [6, 6.07) is 7.99. The normalized spacial score (nSPS) is 19.0. The highest BCUT2D eigenvalue weighted by Crippen LogP contribution is 2.24. The van der Waals surface area contributed by atoms with Gasteiger partial charge in [0, 0.05) is 12.5 Å². The van der Waals surface area contributed by atoms with E-state index in [1.54, 1.807) is 19.1 Å². The summed E-state index contributed by atoms with van der Waals surface area (Å²) in [4.78, 5) is 23.6. The number of anilines is 1. The summed E-state index contributed by atoms with van der Waals surface area (Å²) in [6.07, 6.45) is 0.147. The van der Waals surface area contributed by atoms with Crippen molar-refractivity contribution in [2.75, 3.05) is 11.6 Å². The molecule has 0 saturated heterocycles. The fraction of sp³-hybridized carbons (Fsp3) is 0.357. The number of nitrogens with zero attached hydrogens (tertiary/aromatic N) is 2. The van der Waals surface area contributed by atoms with Crippen LogP contribution >= 0.6 is 0 Å². The van der Waals surface area contributed by atoms with Gasteiger partial charge < -0.3 is 16.2 Å². The Hall–Kier alpha value is -2.41. The minimum absolute atomic E-state index is 0.147. The van der Waals surface area contributed by atoms with Crippen molar-refractivity contribution in [3.05, 3.63) is 30.3 Å². The molecule has 21 heavy (non-hydrogen) atoms. The van der Waals surface area contributed by atoms with E-state index in [0.29, 0.717) is 5.69 Å². The third kappa shape index (κ3) is 3.38. The van der Waals surface area contributed by atoms with Crippen LogP contribution in [0.4, 0.5) is 5.69 Å². The fourth-order valence-corrected chi connectivity index (χ4v) is 2.04. The maximum atomic E-state index is 12.0. The first-order valence-corrected chi connectivity index (χ1v) is 6.65. The molecule has 0 aliphatic carbocycles. The summed E-state index contributed by atoms with van der Waals surface area (Å²) in [6.45, 7) is 1.51. The molecule has 1 heterocycles. The lowest BCUT2D eigenvalue weighted by Crippen LogP contribution is -2.41. The summed E-state index contributed by atoms with van der Waals surface area (Å²) < 4.78 is 0. The van der Waals surface area contributed by atoms with Crippen LogP contribution in [-0.4, -0.2) is 41.3 Å². The van der Waals surface area contributed by atoms with Crippen molar-refractivity contribution in [1.82, 2.24) is 5.32 Å². The van der Waals surface area contributed by atoms with E-state index in [9.17, 15) is 9.59 Å². The zero-order chi connectivity index (χ0) is 15.4. The Bertz CT molecular complexity index is 559. The molecular formula is C14H18N4O3. The maximum Gasteiger partial charge on any atom is 0.267 e. The summed E-state index contributed by atoms with van der Waals surface area (Å²) in [5, 5.41) is 17.2. The quantitative estimate of drug-likeness (QED) is 0.686. The van der Waals surface area contributed by atoms with Crippen LogP contribution in [0.3, 0.4) is 0 Å². The Morgan fingerprint density at radius 3 is 2.71 bits per heavy atom. The molecule has 7 heteroatoms. The van der Waals surface area contributed by atoms with Gasteiger partial charge >= 0.3 is 0 Å². The molecule has 1 aromatic rings. The molecule has 0 radical (unpaired) electrons. The zero-order valence-corrected chi connectivity index (χ0v) is 11.7. The van der Waals surface area contributed by atoms with Crippen LogP contribution in [0.15, 0.2) is 35.4 Å². The Morgan fingerprint density at radius 1 is 1.48 bits per heavy atom. The number of carbonyl (C=O) groups excluding carboxylic acids is 2. The van der Waals surface area contributed by atoms with Crippen LogP contribution in [0.25, 0.3) is 0 Å². The number of hydrogen-bond donors (Lipinski definition) is 3. The Labute approximate surface area is 122 Å². The number of rotatable bonds is 5.